The molecule has 0 spiro atoms. The van der Waals surface area contributed by atoms with E-state index in [1.54, 1.807) is 7.05 Å². The molecule has 0 bridgehead atoms. The van der Waals surface area contributed by atoms with Crippen LogP contribution in [0.3, 0.4) is 0 Å². The van der Waals surface area contributed by atoms with Gasteiger partial charge in [-0.05, 0) is 37.2 Å². The Morgan fingerprint density at radius 3 is 2.20 bits per heavy atom. The summed E-state index contributed by atoms with van der Waals surface area (Å²) in [5, 5.41) is 2.97. The zero-order valence-electron chi connectivity index (χ0n) is 9.25. The molecular weight excluding hydrogens is 193 g/mol. The summed E-state index contributed by atoms with van der Waals surface area (Å²) in [6.45, 7) is 3.95. The maximum Gasteiger partial charge on any atom is 0.179 e. The fourth-order valence-corrected chi connectivity index (χ4v) is 1.56. The van der Waals surface area contributed by atoms with Crippen LogP contribution in [-0.2, 0) is 0 Å². The van der Waals surface area contributed by atoms with Gasteiger partial charge in [0.15, 0.2) is 5.78 Å². The van der Waals surface area contributed by atoms with Crippen LogP contribution in [0.25, 0.3) is 0 Å². The Morgan fingerprint density at radius 2 is 1.80 bits per heavy atom. The third kappa shape index (κ3) is 2.86. The van der Waals surface area contributed by atoms with Crippen LogP contribution in [0, 0.1) is 11.7 Å². The topological polar surface area (TPSA) is 29.1 Å². The van der Waals surface area contributed by atoms with Gasteiger partial charge in [0.1, 0.15) is 5.82 Å². The van der Waals surface area contributed by atoms with Gasteiger partial charge in [-0.25, -0.2) is 4.39 Å². The van der Waals surface area contributed by atoms with E-state index in [4.69, 9.17) is 0 Å². The zero-order chi connectivity index (χ0) is 11.4. The summed E-state index contributed by atoms with van der Waals surface area (Å²) in [6, 6.07) is 5.44. The SMILES string of the molecule is CNC(C(=O)c1ccc(F)cc1)C(C)C. The number of halogens is 1. The Labute approximate surface area is 89.5 Å². The quantitative estimate of drug-likeness (QED) is 0.771. The molecule has 3 heteroatoms. The first kappa shape index (κ1) is 11.9. The van der Waals surface area contributed by atoms with Crippen molar-refractivity contribution in [1.82, 2.24) is 5.32 Å². The number of hydrogen-bond donors (Lipinski definition) is 1. The normalized spacial score (nSPS) is 12.9. The Morgan fingerprint density at radius 1 is 1.27 bits per heavy atom. The monoisotopic (exact) mass is 209 g/mol. The van der Waals surface area contributed by atoms with E-state index in [9.17, 15) is 9.18 Å². The van der Waals surface area contributed by atoms with E-state index in [2.05, 4.69) is 5.32 Å². The van der Waals surface area contributed by atoms with Crippen LogP contribution in [0.4, 0.5) is 4.39 Å². The van der Waals surface area contributed by atoms with Gasteiger partial charge in [0.25, 0.3) is 0 Å². The molecule has 82 valence electrons. The van der Waals surface area contributed by atoms with Gasteiger partial charge in [-0.1, -0.05) is 13.8 Å². The van der Waals surface area contributed by atoms with Crippen molar-refractivity contribution in [2.24, 2.45) is 5.92 Å². The van der Waals surface area contributed by atoms with Crippen LogP contribution >= 0.6 is 0 Å². The number of carbonyl (C=O) groups excluding carboxylic acids is 1. The summed E-state index contributed by atoms with van der Waals surface area (Å²) in [5.41, 5.74) is 0.546. The summed E-state index contributed by atoms with van der Waals surface area (Å²) in [7, 11) is 1.76. The number of Topliss-reactive ketones (excluding diaryl/α,β-unsaturated/α-hetero) is 1. The van der Waals surface area contributed by atoms with Crippen molar-refractivity contribution in [2.45, 2.75) is 19.9 Å². The Hall–Kier alpha value is -1.22. The molecule has 0 saturated carbocycles. The number of rotatable bonds is 4. The molecule has 0 amide bonds. The summed E-state index contributed by atoms with van der Waals surface area (Å²) < 4.78 is 12.7. The van der Waals surface area contributed by atoms with Crippen molar-refractivity contribution in [3.05, 3.63) is 35.6 Å². The van der Waals surface area contributed by atoms with Crippen molar-refractivity contribution in [3.63, 3.8) is 0 Å². The molecule has 2 nitrogen and oxygen atoms in total. The fraction of sp³-hybridized carbons (Fsp3) is 0.417. The molecule has 1 aromatic carbocycles. The van der Waals surface area contributed by atoms with Gasteiger partial charge in [0, 0.05) is 5.56 Å². The highest BCUT2D eigenvalue weighted by atomic mass is 19.1. The molecule has 0 fully saturated rings. The molecule has 1 rings (SSSR count). The van der Waals surface area contributed by atoms with Crippen molar-refractivity contribution < 1.29 is 9.18 Å². The van der Waals surface area contributed by atoms with Crippen molar-refractivity contribution >= 4 is 5.78 Å². The number of carbonyl (C=O) groups is 1. The zero-order valence-corrected chi connectivity index (χ0v) is 9.25. The second-order valence-corrected chi connectivity index (χ2v) is 3.88. The Bertz CT molecular complexity index is 332. The molecule has 1 unspecified atom stereocenters. The van der Waals surface area contributed by atoms with Crippen molar-refractivity contribution in [2.75, 3.05) is 7.05 Å². The fourth-order valence-electron chi connectivity index (χ4n) is 1.56. The maximum atomic E-state index is 12.7. The van der Waals surface area contributed by atoms with Crippen LogP contribution in [-0.4, -0.2) is 18.9 Å². The number of benzene rings is 1. The van der Waals surface area contributed by atoms with Gasteiger partial charge in [-0.3, -0.25) is 4.79 Å². The molecule has 1 atom stereocenters. The van der Waals surface area contributed by atoms with Gasteiger partial charge >= 0.3 is 0 Å². The van der Waals surface area contributed by atoms with Crippen LogP contribution in [0.15, 0.2) is 24.3 Å². The van der Waals surface area contributed by atoms with E-state index in [1.807, 2.05) is 13.8 Å². The van der Waals surface area contributed by atoms with Gasteiger partial charge in [-0.2, -0.15) is 0 Å². The number of ketones is 1. The number of hydrogen-bond acceptors (Lipinski definition) is 2. The molecule has 0 aliphatic carbocycles. The molecule has 0 aliphatic heterocycles. The van der Waals surface area contributed by atoms with E-state index >= 15 is 0 Å². The average molecular weight is 209 g/mol. The van der Waals surface area contributed by atoms with E-state index in [-0.39, 0.29) is 23.6 Å². The van der Waals surface area contributed by atoms with E-state index in [1.165, 1.54) is 24.3 Å². The van der Waals surface area contributed by atoms with Crippen LogP contribution in [0.1, 0.15) is 24.2 Å². The third-order valence-electron chi connectivity index (χ3n) is 2.39. The number of likely N-dealkylation sites (N-methyl/N-ethyl adjacent to an activating group) is 1. The minimum atomic E-state index is -0.322. The molecule has 0 aliphatic rings. The lowest BCUT2D eigenvalue weighted by molar-refractivity contribution is 0.0922. The third-order valence-corrected chi connectivity index (χ3v) is 2.39. The largest absolute Gasteiger partial charge is 0.310 e. The first-order valence-corrected chi connectivity index (χ1v) is 5.03. The minimum Gasteiger partial charge on any atom is -0.310 e. The first-order valence-electron chi connectivity index (χ1n) is 5.03. The summed E-state index contributed by atoms with van der Waals surface area (Å²) >= 11 is 0. The molecular formula is C12H16FNO. The van der Waals surface area contributed by atoms with E-state index in [0.717, 1.165) is 0 Å². The summed E-state index contributed by atoms with van der Waals surface area (Å²) in [4.78, 5) is 11.9. The predicted octanol–water partition coefficient (Wildman–Crippen LogP) is 2.25. The molecule has 15 heavy (non-hydrogen) atoms. The van der Waals surface area contributed by atoms with Crippen LogP contribution in [0.2, 0.25) is 0 Å². The Balaban J connectivity index is 2.88. The smallest absolute Gasteiger partial charge is 0.179 e. The van der Waals surface area contributed by atoms with E-state index < -0.39 is 0 Å². The van der Waals surface area contributed by atoms with Gasteiger partial charge in [0.2, 0.25) is 0 Å². The summed E-state index contributed by atoms with van der Waals surface area (Å²) in [6.07, 6.45) is 0. The standard InChI is InChI=1S/C12H16FNO/c1-8(2)11(14-3)12(15)9-4-6-10(13)7-5-9/h4-8,11,14H,1-3H3. The lowest BCUT2D eigenvalue weighted by atomic mass is 9.95. The Kier molecular flexibility index (Phi) is 3.97. The maximum absolute atomic E-state index is 12.7. The highest BCUT2D eigenvalue weighted by Gasteiger charge is 2.21. The first-order chi connectivity index (χ1) is 7.06. The lowest BCUT2D eigenvalue weighted by Gasteiger charge is -2.18. The minimum absolute atomic E-state index is 0.00694. The van der Waals surface area contributed by atoms with Gasteiger partial charge in [0.05, 0.1) is 6.04 Å². The molecule has 0 aromatic heterocycles. The predicted molar refractivity (Wildman–Crippen MR) is 58.4 cm³/mol. The van der Waals surface area contributed by atoms with Crippen LogP contribution < -0.4 is 5.32 Å². The molecule has 0 heterocycles. The van der Waals surface area contributed by atoms with Crippen molar-refractivity contribution in [1.29, 1.82) is 0 Å². The lowest BCUT2D eigenvalue weighted by Crippen LogP contribution is -2.38. The molecule has 0 radical (unpaired) electrons. The highest BCUT2D eigenvalue weighted by Crippen LogP contribution is 2.11. The van der Waals surface area contributed by atoms with Gasteiger partial charge < -0.3 is 5.32 Å². The second-order valence-electron chi connectivity index (χ2n) is 3.88. The number of nitrogens with one attached hydrogen (secondary N) is 1. The van der Waals surface area contributed by atoms with Crippen LogP contribution in [0.5, 0.6) is 0 Å². The van der Waals surface area contributed by atoms with Gasteiger partial charge in [-0.15, -0.1) is 0 Å². The molecule has 0 saturated heterocycles. The average Bonchev–Trinajstić information content (AvgIpc) is 2.19. The van der Waals surface area contributed by atoms with Crippen molar-refractivity contribution in [3.8, 4) is 0 Å². The second kappa shape index (κ2) is 5.03. The molecule has 1 aromatic rings. The molecule has 1 N–H and O–H groups in total. The highest BCUT2D eigenvalue weighted by molar-refractivity contribution is 6.00. The van der Waals surface area contributed by atoms with E-state index in [0.29, 0.717) is 5.56 Å². The summed E-state index contributed by atoms with van der Waals surface area (Å²) in [5.74, 6) is -0.0999.